The molecule has 1 unspecified atom stereocenters. The minimum atomic E-state index is -3.73. The summed E-state index contributed by atoms with van der Waals surface area (Å²) in [5.74, 6) is -0.775. The zero-order valence-electron chi connectivity index (χ0n) is 25.9. The third kappa shape index (κ3) is 5.68. The van der Waals surface area contributed by atoms with E-state index in [9.17, 15) is 5.11 Å². The van der Waals surface area contributed by atoms with Crippen LogP contribution in [-0.2, 0) is 18.6 Å². The van der Waals surface area contributed by atoms with Crippen molar-refractivity contribution < 1.29 is 23.7 Å². The van der Waals surface area contributed by atoms with Crippen LogP contribution in [0, 0.1) is 5.92 Å². The lowest BCUT2D eigenvalue weighted by molar-refractivity contribution is -0.0310. The standard InChI is InChI=1S/C39H38O5P2/c1-43-34-28-35(45(41,30-20-10-4-11-21-30)31-22-12-5-13-23-31)36(38(34)44-2)39(37(40)29-18-8-3-9-19-29)46(42,32-24-14-6-15-25-32)33-26-16-7-17-27-33/h3-28,34,36-40H,1-2H3/t34-,36+,37?,38+,39-/m0/s1. The molecule has 1 aliphatic rings. The molecule has 5 nitrogen and oxygen atoms in total. The summed E-state index contributed by atoms with van der Waals surface area (Å²) in [5, 5.41) is 15.7. The quantitative estimate of drug-likeness (QED) is 0.162. The molecule has 0 radical (unpaired) electrons. The van der Waals surface area contributed by atoms with Gasteiger partial charge in [0.25, 0.3) is 0 Å². The van der Waals surface area contributed by atoms with Crippen molar-refractivity contribution in [3.05, 3.63) is 169 Å². The van der Waals surface area contributed by atoms with Crippen LogP contribution in [0.3, 0.4) is 0 Å². The van der Waals surface area contributed by atoms with Crippen LogP contribution in [-0.4, -0.2) is 37.2 Å². The lowest BCUT2D eigenvalue weighted by Crippen LogP contribution is -2.44. The van der Waals surface area contributed by atoms with Crippen LogP contribution in [0.15, 0.2) is 163 Å². The molecule has 1 aliphatic carbocycles. The molecule has 5 aromatic carbocycles. The molecule has 7 heteroatoms. The second-order valence-electron chi connectivity index (χ2n) is 11.5. The Hall–Kier alpha value is -3.82. The molecule has 6 rings (SSSR count). The van der Waals surface area contributed by atoms with Gasteiger partial charge in [0.1, 0.15) is 13.2 Å². The van der Waals surface area contributed by atoms with Gasteiger partial charge < -0.3 is 23.7 Å². The number of ether oxygens (including phenoxy) is 2. The van der Waals surface area contributed by atoms with E-state index in [1.807, 2.05) is 158 Å². The maximum absolute atomic E-state index is 16.3. The lowest BCUT2D eigenvalue weighted by atomic mass is 9.93. The fraction of sp³-hybridized carbons (Fsp3) is 0.179. The summed E-state index contributed by atoms with van der Waals surface area (Å²) in [6, 6.07) is 46.8. The third-order valence-electron chi connectivity index (χ3n) is 9.03. The van der Waals surface area contributed by atoms with E-state index in [4.69, 9.17) is 9.47 Å². The van der Waals surface area contributed by atoms with Gasteiger partial charge in [-0.1, -0.05) is 152 Å². The second-order valence-corrected chi connectivity index (χ2v) is 17.2. The molecule has 0 saturated heterocycles. The van der Waals surface area contributed by atoms with Crippen LogP contribution < -0.4 is 21.2 Å². The van der Waals surface area contributed by atoms with Gasteiger partial charge in [0, 0.05) is 46.7 Å². The molecule has 234 valence electrons. The van der Waals surface area contributed by atoms with Crippen molar-refractivity contribution in [3.8, 4) is 0 Å². The first-order valence-electron chi connectivity index (χ1n) is 15.4. The van der Waals surface area contributed by atoms with Gasteiger partial charge in [0.05, 0.1) is 17.9 Å². The Morgan fingerprint density at radius 1 is 0.565 bits per heavy atom. The van der Waals surface area contributed by atoms with Gasteiger partial charge in [-0.2, -0.15) is 0 Å². The van der Waals surface area contributed by atoms with Crippen LogP contribution >= 0.6 is 14.3 Å². The maximum Gasteiger partial charge on any atom is 0.167 e. The first kappa shape index (κ1) is 32.1. The zero-order valence-corrected chi connectivity index (χ0v) is 27.7. The van der Waals surface area contributed by atoms with Crippen molar-refractivity contribution in [2.24, 2.45) is 5.92 Å². The largest absolute Gasteiger partial charge is 0.388 e. The van der Waals surface area contributed by atoms with Crippen molar-refractivity contribution >= 4 is 35.5 Å². The molecular formula is C39H38O5P2. The van der Waals surface area contributed by atoms with Gasteiger partial charge in [-0.25, -0.2) is 0 Å². The predicted molar refractivity (Wildman–Crippen MR) is 188 cm³/mol. The minimum Gasteiger partial charge on any atom is -0.388 e. The smallest absolute Gasteiger partial charge is 0.167 e. The van der Waals surface area contributed by atoms with E-state index in [2.05, 4.69) is 0 Å². The number of aliphatic hydroxyl groups excluding tert-OH is 1. The van der Waals surface area contributed by atoms with E-state index in [1.165, 1.54) is 0 Å². The van der Waals surface area contributed by atoms with Crippen molar-refractivity contribution in [2.75, 3.05) is 14.2 Å². The summed E-state index contributed by atoms with van der Waals surface area (Å²) in [7, 11) is -4.14. The number of benzene rings is 5. The fourth-order valence-electron chi connectivity index (χ4n) is 6.90. The van der Waals surface area contributed by atoms with Crippen molar-refractivity contribution in [3.63, 3.8) is 0 Å². The molecule has 0 aromatic heterocycles. The Morgan fingerprint density at radius 2 is 0.957 bits per heavy atom. The summed E-state index contributed by atoms with van der Waals surface area (Å²) in [4.78, 5) is 0. The van der Waals surface area contributed by atoms with E-state index < -0.39 is 44.2 Å². The van der Waals surface area contributed by atoms with E-state index >= 15 is 9.13 Å². The SMILES string of the molecule is CO[C@H]1[C@H]([C@@H](C(O)c2ccccc2)P(=O)(c2ccccc2)c2ccccc2)C(P(=O)(c2ccccc2)c2ccccc2)=C[C@@H]1OC. The van der Waals surface area contributed by atoms with Crippen LogP contribution in [0.25, 0.3) is 0 Å². The summed E-state index contributed by atoms with van der Waals surface area (Å²) < 4.78 is 44.6. The Kier molecular flexibility index (Phi) is 9.70. The first-order chi connectivity index (χ1) is 22.4. The average Bonchev–Trinajstić information content (AvgIpc) is 3.51. The molecule has 46 heavy (non-hydrogen) atoms. The zero-order chi connectivity index (χ0) is 32.1. The third-order valence-corrected chi connectivity index (χ3v) is 15.8. The molecule has 0 fully saturated rings. The van der Waals surface area contributed by atoms with Crippen molar-refractivity contribution in [2.45, 2.75) is 24.0 Å². The number of hydrogen-bond acceptors (Lipinski definition) is 5. The highest BCUT2D eigenvalue weighted by Gasteiger charge is 2.57. The highest BCUT2D eigenvalue weighted by molar-refractivity contribution is 7.82. The van der Waals surface area contributed by atoms with Gasteiger partial charge in [-0.3, -0.25) is 0 Å². The summed E-state index contributed by atoms with van der Waals surface area (Å²) in [5.41, 5.74) is -0.360. The number of hydrogen-bond donors (Lipinski definition) is 1. The topological polar surface area (TPSA) is 72.8 Å². The fourth-order valence-corrected chi connectivity index (χ4v) is 13.7. The molecule has 1 N–H and O–H groups in total. The summed E-state index contributed by atoms with van der Waals surface area (Å²) in [6.45, 7) is 0. The van der Waals surface area contributed by atoms with E-state index in [0.717, 1.165) is 0 Å². The molecule has 0 amide bonds. The number of rotatable bonds is 11. The summed E-state index contributed by atoms with van der Waals surface area (Å²) in [6.07, 6.45) is -0.611. The van der Waals surface area contributed by atoms with Gasteiger partial charge in [-0.15, -0.1) is 0 Å². The highest BCUT2D eigenvalue weighted by Crippen LogP contribution is 2.66. The Bertz CT molecular complexity index is 1760. The van der Waals surface area contributed by atoms with E-state index in [1.54, 1.807) is 14.2 Å². The molecule has 0 saturated carbocycles. The van der Waals surface area contributed by atoms with Crippen LogP contribution in [0.4, 0.5) is 0 Å². The van der Waals surface area contributed by atoms with E-state index in [0.29, 0.717) is 32.1 Å². The van der Waals surface area contributed by atoms with Crippen LogP contribution in [0.2, 0.25) is 0 Å². The monoisotopic (exact) mass is 648 g/mol. The molecule has 0 bridgehead atoms. The lowest BCUT2D eigenvalue weighted by Gasteiger charge is -2.41. The van der Waals surface area contributed by atoms with Crippen molar-refractivity contribution in [1.29, 1.82) is 0 Å². The van der Waals surface area contributed by atoms with Gasteiger partial charge >= 0.3 is 0 Å². The molecule has 0 aliphatic heterocycles. The van der Waals surface area contributed by atoms with E-state index in [-0.39, 0.29) is 0 Å². The Balaban J connectivity index is 1.70. The van der Waals surface area contributed by atoms with Gasteiger partial charge in [0.2, 0.25) is 0 Å². The number of methoxy groups -OCH3 is 2. The summed E-state index contributed by atoms with van der Waals surface area (Å²) >= 11 is 0. The Labute approximate surface area is 271 Å². The molecule has 0 heterocycles. The first-order valence-corrected chi connectivity index (χ1v) is 18.9. The van der Waals surface area contributed by atoms with Gasteiger partial charge in [-0.05, 0) is 11.6 Å². The second kappa shape index (κ2) is 13.9. The number of aliphatic hydroxyl groups is 1. The normalized spacial score (nSPS) is 19.7. The molecule has 5 aromatic rings. The highest BCUT2D eigenvalue weighted by atomic mass is 31.2. The molecular weight excluding hydrogens is 610 g/mol. The predicted octanol–water partition coefficient (Wildman–Crippen LogP) is 6.66. The van der Waals surface area contributed by atoms with Crippen molar-refractivity contribution in [1.82, 2.24) is 0 Å². The molecule has 5 atom stereocenters. The Morgan fingerprint density at radius 3 is 1.35 bits per heavy atom. The average molecular weight is 649 g/mol. The van der Waals surface area contributed by atoms with Crippen LogP contribution in [0.1, 0.15) is 11.7 Å². The minimum absolute atomic E-state index is 0.565. The van der Waals surface area contributed by atoms with Gasteiger partial charge in [0.15, 0.2) is 7.14 Å². The molecule has 0 spiro atoms. The maximum atomic E-state index is 16.3. The van der Waals surface area contributed by atoms with Crippen LogP contribution in [0.5, 0.6) is 0 Å².